The topological polar surface area (TPSA) is 24.9 Å². The van der Waals surface area contributed by atoms with Crippen LogP contribution in [-0.2, 0) is 9.47 Å². The first-order valence-corrected chi connectivity index (χ1v) is 9.43. The first-order chi connectivity index (χ1) is 11.7. The second kappa shape index (κ2) is 9.16. The van der Waals surface area contributed by atoms with E-state index in [1.165, 1.54) is 38.0 Å². The molecule has 24 heavy (non-hydrogen) atoms. The number of likely N-dealkylation sites (tertiary alicyclic amines) is 1. The minimum absolute atomic E-state index is 0.179. The number of hydrogen-bond donors (Lipinski definition) is 0. The Balaban J connectivity index is 1.45. The molecule has 0 bridgehead atoms. The normalized spacial score (nSPS) is 24.3. The molecular formula is C19H29ClN2O2. The summed E-state index contributed by atoms with van der Waals surface area (Å²) in [4.78, 5) is 5.11. The molecular weight excluding hydrogens is 324 g/mol. The van der Waals surface area contributed by atoms with Gasteiger partial charge in [-0.15, -0.1) is 0 Å². The number of halogens is 1. The van der Waals surface area contributed by atoms with E-state index in [4.69, 9.17) is 21.1 Å². The van der Waals surface area contributed by atoms with Crippen LogP contribution in [0.2, 0.25) is 5.02 Å². The van der Waals surface area contributed by atoms with Gasteiger partial charge in [0, 0.05) is 38.3 Å². The van der Waals surface area contributed by atoms with E-state index in [1.54, 1.807) is 7.11 Å². The third kappa shape index (κ3) is 5.17. The van der Waals surface area contributed by atoms with Gasteiger partial charge < -0.3 is 14.4 Å². The predicted molar refractivity (Wildman–Crippen MR) is 97.6 cm³/mol. The van der Waals surface area contributed by atoms with Gasteiger partial charge in [0.05, 0.1) is 19.3 Å². The molecule has 3 rings (SSSR count). The summed E-state index contributed by atoms with van der Waals surface area (Å²) in [5, 5.41) is 0.784. The van der Waals surface area contributed by atoms with Crippen LogP contribution >= 0.6 is 11.6 Å². The Kier molecular flexibility index (Phi) is 6.93. The molecule has 0 unspecified atom stereocenters. The highest BCUT2D eigenvalue weighted by Crippen LogP contribution is 2.26. The van der Waals surface area contributed by atoms with Crippen LogP contribution in [-0.4, -0.2) is 69.4 Å². The van der Waals surface area contributed by atoms with Crippen LogP contribution in [0, 0.1) is 5.92 Å². The molecule has 0 saturated carbocycles. The van der Waals surface area contributed by atoms with E-state index < -0.39 is 0 Å². The molecule has 2 aliphatic heterocycles. The summed E-state index contributed by atoms with van der Waals surface area (Å²) in [6.07, 6.45) is 2.78. The zero-order valence-corrected chi connectivity index (χ0v) is 15.4. The van der Waals surface area contributed by atoms with Crippen molar-refractivity contribution in [2.75, 3.05) is 59.6 Å². The minimum atomic E-state index is 0.179. The van der Waals surface area contributed by atoms with Crippen LogP contribution in [0.25, 0.3) is 0 Å². The lowest BCUT2D eigenvalue weighted by Gasteiger charge is -2.38. The Hall–Kier alpha value is -0.650. The fourth-order valence-corrected chi connectivity index (χ4v) is 3.85. The first kappa shape index (κ1) is 18.2. The molecule has 5 heteroatoms. The van der Waals surface area contributed by atoms with Gasteiger partial charge in [0.15, 0.2) is 0 Å². The van der Waals surface area contributed by atoms with Gasteiger partial charge in [0.2, 0.25) is 0 Å². The molecule has 0 N–H and O–H groups in total. The largest absolute Gasteiger partial charge is 0.383 e. The summed E-state index contributed by atoms with van der Waals surface area (Å²) in [5.41, 5.74) is 1.23. The maximum absolute atomic E-state index is 5.99. The summed E-state index contributed by atoms with van der Waals surface area (Å²) in [5.74, 6) is 0.813. The van der Waals surface area contributed by atoms with Gasteiger partial charge in [-0.1, -0.05) is 23.7 Å². The number of rotatable bonds is 6. The van der Waals surface area contributed by atoms with Crippen LogP contribution < -0.4 is 0 Å². The van der Waals surface area contributed by atoms with E-state index in [2.05, 4.69) is 21.9 Å². The van der Waals surface area contributed by atoms with Gasteiger partial charge in [-0.3, -0.25) is 4.90 Å². The highest BCUT2D eigenvalue weighted by atomic mass is 35.5. The molecule has 2 heterocycles. The number of hydrogen-bond acceptors (Lipinski definition) is 4. The van der Waals surface area contributed by atoms with Gasteiger partial charge in [-0.25, -0.2) is 0 Å². The van der Waals surface area contributed by atoms with Crippen molar-refractivity contribution in [1.82, 2.24) is 9.80 Å². The zero-order chi connectivity index (χ0) is 16.8. The molecule has 1 atom stereocenters. The molecule has 0 aromatic heterocycles. The van der Waals surface area contributed by atoms with E-state index >= 15 is 0 Å². The van der Waals surface area contributed by atoms with Crippen molar-refractivity contribution < 1.29 is 9.47 Å². The molecule has 2 saturated heterocycles. The van der Waals surface area contributed by atoms with Crippen molar-refractivity contribution in [3.8, 4) is 0 Å². The van der Waals surface area contributed by atoms with Crippen LogP contribution in [0.4, 0.5) is 0 Å². The second-order valence-electron chi connectivity index (χ2n) is 6.95. The maximum atomic E-state index is 5.99. The molecule has 134 valence electrons. The SMILES string of the molecule is COCCN1CCC(CN2CCO[C@H](c3ccc(Cl)cc3)C2)CC1. The van der Waals surface area contributed by atoms with E-state index in [0.717, 1.165) is 43.8 Å². The van der Waals surface area contributed by atoms with Crippen molar-refractivity contribution >= 4 is 11.6 Å². The zero-order valence-electron chi connectivity index (χ0n) is 14.6. The Morgan fingerprint density at radius 1 is 1.12 bits per heavy atom. The van der Waals surface area contributed by atoms with E-state index in [9.17, 15) is 0 Å². The average Bonchev–Trinajstić information content (AvgIpc) is 2.62. The van der Waals surface area contributed by atoms with Gasteiger partial charge in [0.25, 0.3) is 0 Å². The molecule has 0 radical (unpaired) electrons. The monoisotopic (exact) mass is 352 g/mol. The number of ether oxygens (including phenoxy) is 2. The van der Waals surface area contributed by atoms with E-state index in [0.29, 0.717) is 0 Å². The minimum Gasteiger partial charge on any atom is -0.383 e. The van der Waals surface area contributed by atoms with Gasteiger partial charge in [-0.2, -0.15) is 0 Å². The molecule has 1 aromatic carbocycles. The highest BCUT2D eigenvalue weighted by Gasteiger charge is 2.26. The van der Waals surface area contributed by atoms with Crippen LogP contribution in [0.15, 0.2) is 24.3 Å². The Morgan fingerprint density at radius 3 is 2.58 bits per heavy atom. The second-order valence-corrected chi connectivity index (χ2v) is 7.38. The molecule has 1 aromatic rings. The van der Waals surface area contributed by atoms with Gasteiger partial charge in [-0.05, 0) is 49.5 Å². The summed E-state index contributed by atoms with van der Waals surface area (Å²) < 4.78 is 11.2. The molecule has 2 aliphatic rings. The molecule has 0 spiro atoms. The smallest absolute Gasteiger partial charge is 0.0952 e. The number of morpholine rings is 1. The standard InChI is InChI=1S/C19H29ClN2O2/c1-23-12-10-21-8-6-16(7-9-21)14-22-11-13-24-19(15-22)17-2-4-18(20)5-3-17/h2-5,16,19H,6-15H2,1H3/t19-/m0/s1. The Bertz CT molecular complexity index is 489. The molecule has 4 nitrogen and oxygen atoms in total. The van der Waals surface area contributed by atoms with E-state index in [1.807, 2.05) is 12.1 Å². The summed E-state index contributed by atoms with van der Waals surface area (Å²) in [6.45, 7) is 8.39. The average molecular weight is 353 g/mol. The van der Waals surface area contributed by atoms with Crippen molar-refractivity contribution in [1.29, 1.82) is 0 Å². The summed E-state index contributed by atoms with van der Waals surface area (Å²) >= 11 is 5.99. The van der Waals surface area contributed by atoms with Crippen molar-refractivity contribution in [3.63, 3.8) is 0 Å². The Labute approximate surface area is 150 Å². The van der Waals surface area contributed by atoms with Gasteiger partial charge >= 0.3 is 0 Å². The van der Waals surface area contributed by atoms with Crippen LogP contribution in [0.5, 0.6) is 0 Å². The van der Waals surface area contributed by atoms with Crippen LogP contribution in [0.1, 0.15) is 24.5 Å². The first-order valence-electron chi connectivity index (χ1n) is 9.05. The molecule has 0 aliphatic carbocycles. The fourth-order valence-electron chi connectivity index (χ4n) is 3.73. The number of nitrogens with zero attached hydrogens (tertiary/aromatic N) is 2. The number of benzene rings is 1. The lowest BCUT2D eigenvalue weighted by molar-refractivity contribution is -0.0374. The van der Waals surface area contributed by atoms with Crippen molar-refractivity contribution in [3.05, 3.63) is 34.9 Å². The lowest BCUT2D eigenvalue weighted by atomic mass is 9.95. The summed E-state index contributed by atoms with van der Waals surface area (Å²) in [6, 6.07) is 8.08. The quantitative estimate of drug-likeness (QED) is 0.785. The number of methoxy groups -OCH3 is 1. The Morgan fingerprint density at radius 2 is 1.88 bits per heavy atom. The third-order valence-electron chi connectivity index (χ3n) is 5.23. The number of piperidine rings is 1. The summed E-state index contributed by atoms with van der Waals surface area (Å²) in [7, 11) is 1.78. The highest BCUT2D eigenvalue weighted by molar-refractivity contribution is 6.30. The fraction of sp³-hybridized carbons (Fsp3) is 0.684. The molecule has 2 fully saturated rings. The maximum Gasteiger partial charge on any atom is 0.0952 e. The van der Waals surface area contributed by atoms with Crippen LogP contribution in [0.3, 0.4) is 0 Å². The van der Waals surface area contributed by atoms with E-state index in [-0.39, 0.29) is 6.10 Å². The van der Waals surface area contributed by atoms with Crippen molar-refractivity contribution in [2.24, 2.45) is 5.92 Å². The van der Waals surface area contributed by atoms with Gasteiger partial charge in [0.1, 0.15) is 0 Å². The lowest BCUT2D eigenvalue weighted by Crippen LogP contribution is -2.44. The van der Waals surface area contributed by atoms with Crippen molar-refractivity contribution in [2.45, 2.75) is 18.9 Å². The predicted octanol–water partition coefficient (Wildman–Crippen LogP) is 3.07. The molecule has 0 amide bonds. The third-order valence-corrected chi connectivity index (χ3v) is 5.48.